The van der Waals surface area contributed by atoms with Gasteiger partial charge in [-0.3, -0.25) is 0 Å². The molecule has 1 atom stereocenters. The quantitative estimate of drug-likeness (QED) is 0.928. The van der Waals surface area contributed by atoms with Crippen LogP contribution in [-0.4, -0.2) is 15.2 Å². The molecule has 0 amide bonds. The molecule has 1 heterocycles. The van der Waals surface area contributed by atoms with E-state index in [2.05, 4.69) is 20.5 Å². The second-order valence-electron chi connectivity index (χ2n) is 3.52. The normalized spacial score (nSPS) is 12.2. The van der Waals surface area contributed by atoms with E-state index in [4.69, 9.17) is 23.2 Å². The summed E-state index contributed by atoms with van der Waals surface area (Å²) in [6.45, 7) is 2.00. The van der Waals surface area contributed by atoms with Crippen LogP contribution in [0, 0.1) is 0 Å². The summed E-state index contributed by atoms with van der Waals surface area (Å²) in [5.41, 5.74) is 1.09. The molecule has 88 valence electrons. The summed E-state index contributed by atoms with van der Waals surface area (Å²) in [5, 5.41) is 11.6. The third-order valence-electron chi connectivity index (χ3n) is 2.25. The van der Waals surface area contributed by atoms with E-state index in [0.717, 1.165) is 5.56 Å². The zero-order valence-corrected chi connectivity index (χ0v) is 10.6. The molecular formula is C11H10Cl2N4. The fourth-order valence-electron chi connectivity index (χ4n) is 1.36. The lowest BCUT2D eigenvalue weighted by Gasteiger charge is -2.13. The van der Waals surface area contributed by atoms with Gasteiger partial charge in [-0.15, -0.1) is 10.2 Å². The molecule has 0 radical (unpaired) electrons. The highest BCUT2D eigenvalue weighted by molar-refractivity contribution is 6.30. The maximum Gasteiger partial charge on any atom is 0.243 e. The Balaban J connectivity index is 2.08. The minimum Gasteiger partial charge on any atom is -0.346 e. The largest absolute Gasteiger partial charge is 0.346 e. The molecule has 0 saturated heterocycles. The Labute approximate surface area is 109 Å². The topological polar surface area (TPSA) is 50.7 Å². The van der Waals surface area contributed by atoms with E-state index in [-0.39, 0.29) is 11.2 Å². The van der Waals surface area contributed by atoms with E-state index < -0.39 is 0 Å². The summed E-state index contributed by atoms with van der Waals surface area (Å²) in [7, 11) is 0. The molecule has 17 heavy (non-hydrogen) atoms. The molecule has 0 aliphatic heterocycles. The van der Waals surface area contributed by atoms with Crippen molar-refractivity contribution in [1.29, 1.82) is 0 Å². The van der Waals surface area contributed by atoms with Gasteiger partial charge in [-0.05, 0) is 24.6 Å². The van der Waals surface area contributed by atoms with Crippen molar-refractivity contribution in [1.82, 2.24) is 15.2 Å². The summed E-state index contributed by atoms with van der Waals surface area (Å²) in [6, 6.07) is 7.65. The Hall–Kier alpha value is -1.39. The van der Waals surface area contributed by atoms with Crippen molar-refractivity contribution in [2.75, 3.05) is 5.32 Å². The standard InChI is InChI=1S/C11H10Cl2N4/c1-7(8-2-4-9(12)5-3-8)15-11-14-6-10(13)16-17-11/h2-7H,1H3,(H,14,15,17). The van der Waals surface area contributed by atoms with Crippen LogP contribution in [0.4, 0.5) is 5.95 Å². The first-order chi connectivity index (χ1) is 8.15. The molecule has 1 aromatic carbocycles. The molecule has 1 aromatic heterocycles. The smallest absolute Gasteiger partial charge is 0.243 e. The maximum atomic E-state index is 5.82. The highest BCUT2D eigenvalue weighted by Gasteiger charge is 2.07. The van der Waals surface area contributed by atoms with E-state index in [1.807, 2.05) is 31.2 Å². The summed E-state index contributed by atoms with van der Waals surface area (Å²) in [6.07, 6.45) is 1.45. The van der Waals surface area contributed by atoms with Crippen molar-refractivity contribution >= 4 is 29.2 Å². The van der Waals surface area contributed by atoms with E-state index in [1.54, 1.807) is 0 Å². The number of nitrogens with one attached hydrogen (secondary N) is 1. The summed E-state index contributed by atoms with van der Waals surface area (Å²) < 4.78 is 0. The minimum absolute atomic E-state index is 0.0650. The summed E-state index contributed by atoms with van der Waals surface area (Å²) >= 11 is 11.4. The molecule has 0 aliphatic carbocycles. The Kier molecular flexibility index (Phi) is 3.76. The molecule has 1 unspecified atom stereocenters. The van der Waals surface area contributed by atoms with E-state index >= 15 is 0 Å². The Morgan fingerprint density at radius 2 is 1.82 bits per heavy atom. The molecule has 0 bridgehead atoms. The molecule has 0 spiro atoms. The Morgan fingerprint density at radius 3 is 2.41 bits per heavy atom. The predicted octanol–water partition coefficient (Wildman–Crippen LogP) is 3.35. The number of hydrogen-bond acceptors (Lipinski definition) is 4. The van der Waals surface area contributed by atoms with Gasteiger partial charge < -0.3 is 5.32 Å². The van der Waals surface area contributed by atoms with Crippen LogP contribution in [0.2, 0.25) is 10.2 Å². The van der Waals surface area contributed by atoms with Crippen molar-refractivity contribution in [3.63, 3.8) is 0 Å². The van der Waals surface area contributed by atoms with Crippen molar-refractivity contribution < 1.29 is 0 Å². The lowest BCUT2D eigenvalue weighted by Crippen LogP contribution is -2.09. The number of rotatable bonds is 3. The summed E-state index contributed by atoms with van der Waals surface area (Å²) in [5.74, 6) is 0.442. The zero-order chi connectivity index (χ0) is 12.3. The van der Waals surface area contributed by atoms with Gasteiger partial charge in [0.15, 0.2) is 5.15 Å². The third kappa shape index (κ3) is 3.28. The van der Waals surface area contributed by atoms with Gasteiger partial charge in [0.1, 0.15) is 0 Å². The van der Waals surface area contributed by atoms with Gasteiger partial charge in [-0.1, -0.05) is 35.3 Å². The molecule has 0 saturated carbocycles. The van der Waals surface area contributed by atoms with Crippen molar-refractivity contribution in [2.45, 2.75) is 13.0 Å². The number of hydrogen-bond donors (Lipinski definition) is 1. The third-order valence-corrected chi connectivity index (χ3v) is 2.67. The molecule has 0 fully saturated rings. The van der Waals surface area contributed by atoms with Crippen LogP contribution < -0.4 is 5.32 Å². The van der Waals surface area contributed by atoms with Gasteiger partial charge in [0, 0.05) is 5.02 Å². The van der Waals surface area contributed by atoms with Crippen molar-refractivity contribution in [3.8, 4) is 0 Å². The number of nitrogens with zero attached hydrogens (tertiary/aromatic N) is 3. The highest BCUT2D eigenvalue weighted by Crippen LogP contribution is 2.18. The average molecular weight is 269 g/mol. The van der Waals surface area contributed by atoms with Gasteiger partial charge in [-0.2, -0.15) is 0 Å². The number of halogens is 2. The monoisotopic (exact) mass is 268 g/mol. The van der Waals surface area contributed by atoms with Crippen LogP contribution in [-0.2, 0) is 0 Å². The van der Waals surface area contributed by atoms with Crippen LogP contribution >= 0.6 is 23.2 Å². The van der Waals surface area contributed by atoms with Gasteiger partial charge in [0.25, 0.3) is 0 Å². The predicted molar refractivity (Wildman–Crippen MR) is 68.3 cm³/mol. The van der Waals surface area contributed by atoms with Crippen LogP contribution in [0.25, 0.3) is 0 Å². The average Bonchev–Trinajstić information content (AvgIpc) is 2.33. The molecular weight excluding hydrogens is 259 g/mol. The van der Waals surface area contributed by atoms with E-state index in [1.165, 1.54) is 6.20 Å². The second kappa shape index (κ2) is 5.29. The molecule has 1 N–H and O–H groups in total. The van der Waals surface area contributed by atoms with Gasteiger partial charge >= 0.3 is 0 Å². The van der Waals surface area contributed by atoms with Gasteiger partial charge in [0.2, 0.25) is 5.95 Å². The first kappa shape index (κ1) is 12.1. The first-order valence-corrected chi connectivity index (χ1v) is 5.78. The molecule has 4 nitrogen and oxygen atoms in total. The lowest BCUT2D eigenvalue weighted by atomic mass is 10.1. The second-order valence-corrected chi connectivity index (χ2v) is 4.35. The van der Waals surface area contributed by atoms with E-state index in [0.29, 0.717) is 11.0 Å². The van der Waals surface area contributed by atoms with Gasteiger partial charge in [-0.25, -0.2) is 4.98 Å². The minimum atomic E-state index is 0.0650. The highest BCUT2D eigenvalue weighted by atomic mass is 35.5. The van der Waals surface area contributed by atoms with Crippen molar-refractivity contribution in [2.24, 2.45) is 0 Å². The number of benzene rings is 1. The fourth-order valence-corrected chi connectivity index (χ4v) is 1.57. The summed E-state index contributed by atoms with van der Waals surface area (Å²) in [4.78, 5) is 4.02. The fraction of sp³-hybridized carbons (Fsp3) is 0.182. The van der Waals surface area contributed by atoms with Crippen LogP contribution in [0.3, 0.4) is 0 Å². The first-order valence-electron chi connectivity index (χ1n) is 5.02. The maximum absolute atomic E-state index is 5.82. The van der Waals surface area contributed by atoms with Crippen LogP contribution in [0.1, 0.15) is 18.5 Å². The van der Waals surface area contributed by atoms with Gasteiger partial charge in [0.05, 0.1) is 12.2 Å². The zero-order valence-electron chi connectivity index (χ0n) is 9.06. The molecule has 0 aliphatic rings. The lowest BCUT2D eigenvalue weighted by molar-refractivity contribution is 0.839. The molecule has 6 heteroatoms. The van der Waals surface area contributed by atoms with Crippen LogP contribution in [0.15, 0.2) is 30.5 Å². The Bertz CT molecular complexity index is 484. The van der Waals surface area contributed by atoms with Crippen LogP contribution in [0.5, 0.6) is 0 Å². The molecule has 2 aromatic rings. The number of anilines is 1. The van der Waals surface area contributed by atoms with E-state index in [9.17, 15) is 0 Å². The van der Waals surface area contributed by atoms with Crippen molar-refractivity contribution in [3.05, 3.63) is 46.2 Å². The number of aromatic nitrogens is 3. The SMILES string of the molecule is CC(Nc1ncc(Cl)nn1)c1ccc(Cl)cc1. The molecule has 2 rings (SSSR count). The Morgan fingerprint density at radius 1 is 1.12 bits per heavy atom.